The summed E-state index contributed by atoms with van der Waals surface area (Å²) in [5.41, 5.74) is 2.96. The monoisotopic (exact) mass is 513 g/mol. The molecule has 7 rings (SSSR count). The number of anilines is 2. The third kappa shape index (κ3) is 4.32. The van der Waals surface area contributed by atoms with Crippen LogP contribution in [-0.4, -0.2) is 70.1 Å². The molecule has 1 aromatic carbocycles. The molecule has 1 saturated heterocycles. The Balaban J connectivity index is 1.00. The van der Waals surface area contributed by atoms with Crippen molar-refractivity contribution in [1.82, 2.24) is 24.8 Å². The summed E-state index contributed by atoms with van der Waals surface area (Å²) in [6.45, 7) is 5.21. The fourth-order valence-electron chi connectivity index (χ4n) is 7.48. The molecule has 1 spiro atoms. The van der Waals surface area contributed by atoms with E-state index in [4.69, 9.17) is 4.98 Å². The highest BCUT2D eigenvalue weighted by molar-refractivity contribution is 5.99. The fourth-order valence-corrected chi connectivity index (χ4v) is 7.48. The second-order valence-corrected chi connectivity index (χ2v) is 11.8. The minimum atomic E-state index is -0.0442. The molecule has 8 heteroatoms. The standard InChI is InChI=1S/C30H39N7O/c38-28-26-19-22-20-31-29(34-27(22)37(26)30(21-32-28)13-5-2-6-14-30)33-23-9-11-25(12-10-23)36-17-15-35(16-18-36)24-7-3-1-4-8-24/h1,3-4,7-8,19-20,23,25H,2,5-6,9-18,21H2,(H,32,38)(H,31,33,34). The van der Waals surface area contributed by atoms with Gasteiger partial charge in [0.15, 0.2) is 0 Å². The zero-order valence-electron chi connectivity index (χ0n) is 22.2. The quantitative estimate of drug-likeness (QED) is 0.539. The number of carbonyl (C=O) groups is 1. The first-order valence-corrected chi connectivity index (χ1v) is 14.7. The first-order valence-electron chi connectivity index (χ1n) is 14.7. The van der Waals surface area contributed by atoms with Gasteiger partial charge in [-0.1, -0.05) is 37.5 Å². The van der Waals surface area contributed by atoms with Crippen molar-refractivity contribution in [2.75, 3.05) is 42.9 Å². The molecule has 2 aliphatic carbocycles. The molecule has 0 unspecified atom stereocenters. The average molecular weight is 514 g/mol. The van der Waals surface area contributed by atoms with Gasteiger partial charge in [0, 0.05) is 62.1 Å². The van der Waals surface area contributed by atoms with E-state index in [0.717, 1.165) is 68.6 Å². The van der Waals surface area contributed by atoms with E-state index in [1.807, 2.05) is 12.3 Å². The molecule has 2 aliphatic heterocycles. The zero-order valence-corrected chi connectivity index (χ0v) is 22.2. The van der Waals surface area contributed by atoms with Crippen molar-refractivity contribution in [3.8, 4) is 0 Å². The van der Waals surface area contributed by atoms with Gasteiger partial charge in [0.1, 0.15) is 11.3 Å². The number of benzene rings is 1. The molecule has 4 heterocycles. The third-order valence-electron chi connectivity index (χ3n) is 9.59. The van der Waals surface area contributed by atoms with Crippen molar-refractivity contribution in [2.45, 2.75) is 75.4 Å². The molecular formula is C30H39N7O. The molecule has 0 radical (unpaired) electrons. The summed E-state index contributed by atoms with van der Waals surface area (Å²) < 4.78 is 2.26. The first kappa shape index (κ1) is 23.9. The van der Waals surface area contributed by atoms with Crippen LogP contribution in [0.5, 0.6) is 0 Å². The molecule has 4 aliphatic rings. The van der Waals surface area contributed by atoms with Crippen LogP contribution in [0.15, 0.2) is 42.6 Å². The van der Waals surface area contributed by atoms with E-state index in [9.17, 15) is 4.79 Å². The predicted molar refractivity (Wildman–Crippen MR) is 151 cm³/mol. The number of aromatic nitrogens is 3. The van der Waals surface area contributed by atoms with Crippen LogP contribution in [0.4, 0.5) is 11.6 Å². The molecule has 2 N–H and O–H groups in total. The van der Waals surface area contributed by atoms with Crippen molar-refractivity contribution in [3.63, 3.8) is 0 Å². The van der Waals surface area contributed by atoms with Crippen LogP contribution in [0, 0.1) is 0 Å². The largest absolute Gasteiger partial charge is 0.369 e. The molecule has 38 heavy (non-hydrogen) atoms. The fraction of sp³-hybridized carbons (Fsp3) is 0.567. The number of para-hydroxylation sites is 1. The van der Waals surface area contributed by atoms with Crippen LogP contribution in [0.25, 0.3) is 11.0 Å². The van der Waals surface area contributed by atoms with E-state index < -0.39 is 0 Å². The van der Waals surface area contributed by atoms with Gasteiger partial charge in [-0.2, -0.15) is 4.98 Å². The molecule has 0 atom stereocenters. The van der Waals surface area contributed by atoms with Gasteiger partial charge < -0.3 is 20.1 Å². The van der Waals surface area contributed by atoms with Crippen LogP contribution < -0.4 is 15.5 Å². The Morgan fingerprint density at radius 2 is 1.71 bits per heavy atom. The summed E-state index contributed by atoms with van der Waals surface area (Å²) in [4.78, 5) is 27.6. The SMILES string of the molecule is O=C1NCC2(CCCCC2)n2c1cc1cnc(NC3CCC(N4CCN(c5ccccc5)CC4)CC3)nc12. The number of hydrogen-bond donors (Lipinski definition) is 2. The maximum absolute atomic E-state index is 12.7. The van der Waals surface area contributed by atoms with Crippen LogP contribution >= 0.6 is 0 Å². The van der Waals surface area contributed by atoms with Gasteiger partial charge in [-0.05, 0) is 56.7 Å². The van der Waals surface area contributed by atoms with E-state index in [-0.39, 0.29) is 11.4 Å². The first-order chi connectivity index (χ1) is 18.7. The molecule has 3 fully saturated rings. The number of amides is 1. The van der Waals surface area contributed by atoms with Crippen LogP contribution in [0.2, 0.25) is 0 Å². The van der Waals surface area contributed by atoms with Gasteiger partial charge >= 0.3 is 0 Å². The van der Waals surface area contributed by atoms with Crippen molar-refractivity contribution in [3.05, 3.63) is 48.3 Å². The topological polar surface area (TPSA) is 78.3 Å². The Labute approximate surface area is 224 Å². The van der Waals surface area contributed by atoms with Gasteiger partial charge in [0.25, 0.3) is 5.91 Å². The summed E-state index contributed by atoms with van der Waals surface area (Å²) in [5, 5.41) is 7.78. The van der Waals surface area contributed by atoms with E-state index >= 15 is 0 Å². The lowest BCUT2D eigenvalue weighted by atomic mass is 9.80. The Bertz CT molecular complexity index is 1280. The van der Waals surface area contributed by atoms with Gasteiger partial charge in [-0.15, -0.1) is 0 Å². The predicted octanol–water partition coefficient (Wildman–Crippen LogP) is 4.38. The number of rotatable bonds is 4. The minimum absolute atomic E-state index is 0.0108. The Hall–Kier alpha value is -3.13. The Morgan fingerprint density at radius 3 is 2.47 bits per heavy atom. The van der Waals surface area contributed by atoms with E-state index in [0.29, 0.717) is 24.6 Å². The van der Waals surface area contributed by atoms with Gasteiger partial charge in [0.05, 0.1) is 5.54 Å². The lowest BCUT2D eigenvalue weighted by Gasteiger charge is -2.43. The number of hydrogen-bond acceptors (Lipinski definition) is 6. The Morgan fingerprint density at radius 1 is 0.947 bits per heavy atom. The van der Waals surface area contributed by atoms with Crippen LogP contribution in [0.1, 0.15) is 68.3 Å². The summed E-state index contributed by atoms with van der Waals surface area (Å²) >= 11 is 0. The number of nitrogens with zero attached hydrogens (tertiary/aromatic N) is 5. The highest BCUT2D eigenvalue weighted by Gasteiger charge is 2.41. The summed E-state index contributed by atoms with van der Waals surface area (Å²) in [6.07, 6.45) is 12.5. The second-order valence-electron chi connectivity index (χ2n) is 11.8. The molecular weight excluding hydrogens is 474 g/mol. The summed E-state index contributed by atoms with van der Waals surface area (Å²) in [6, 6.07) is 13.9. The van der Waals surface area contributed by atoms with Gasteiger partial charge in [-0.25, -0.2) is 4.98 Å². The number of nitrogens with one attached hydrogen (secondary N) is 2. The smallest absolute Gasteiger partial charge is 0.268 e. The molecule has 3 aromatic rings. The third-order valence-corrected chi connectivity index (χ3v) is 9.59. The maximum atomic E-state index is 12.7. The maximum Gasteiger partial charge on any atom is 0.268 e. The van der Waals surface area contributed by atoms with Crippen molar-refractivity contribution >= 4 is 28.6 Å². The lowest BCUT2D eigenvalue weighted by molar-refractivity contribution is 0.0833. The Kier molecular flexibility index (Phi) is 6.22. The normalized spacial score (nSPS) is 25.8. The second kappa shape index (κ2) is 9.88. The molecule has 1 amide bonds. The average Bonchev–Trinajstić information content (AvgIpc) is 3.38. The molecule has 200 valence electrons. The number of carbonyl (C=O) groups excluding carboxylic acids is 1. The summed E-state index contributed by atoms with van der Waals surface area (Å²) in [5.74, 6) is 0.715. The van der Waals surface area contributed by atoms with Crippen LogP contribution in [0.3, 0.4) is 0 Å². The highest BCUT2D eigenvalue weighted by Crippen LogP contribution is 2.40. The van der Waals surface area contributed by atoms with E-state index in [2.05, 4.69) is 60.3 Å². The molecule has 0 bridgehead atoms. The van der Waals surface area contributed by atoms with Crippen molar-refractivity contribution in [2.24, 2.45) is 0 Å². The van der Waals surface area contributed by atoms with Crippen molar-refractivity contribution in [1.29, 1.82) is 0 Å². The highest BCUT2D eigenvalue weighted by atomic mass is 16.2. The number of piperazine rings is 1. The lowest BCUT2D eigenvalue weighted by Crippen LogP contribution is -2.52. The van der Waals surface area contributed by atoms with E-state index in [1.165, 1.54) is 37.8 Å². The molecule has 2 aromatic heterocycles. The van der Waals surface area contributed by atoms with E-state index in [1.54, 1.807) is 0 Å². The number of fused-ring (bicyclic) bond motifs is 4. The molecule has 2 saturated carbocycles. The van der Waals surface area contributed by atoms with Gasteiger partial charge in [0.2, 0.25) is 5.95 Å². The molecule has 8 nitrogen and oxygen atoms in total. The summed E-state index contributed by atoms with van der Waals surface area (Å²) in [7, 11) is 0. The van der Waals surface area contributed by atoms with Gasteiger partial charge in [-0.3, -0.25) is 9.69 Å². The van der Waals surface area contributed by atoms with Crippen molar-refractivity contribution < 1.29 is 4.79 Å². The minimum Gasteiger partial charge on any atom is -0.369 e. The van der Waals surface area contributed by atoms with Crippen LogP contribution in [-0.2, 0) is 5.54 Å². The zero-order chi connectivity index (χ0) is 25.5.